The van der Waals surface area contributed by atoms with E-state index in [0.29, 0.717) is 0 Å². The van der Waals surface area contributed by atoms with Crippen LogP contribution in [0.1, 0.15) is 26.4 Å². The molecule has 1 aromatic carbocycles. The second-order valence-electron chi connectivity index (χ2n) is 4.13. The first-order valence-electron chi connectivity index (χ1n) is 4.44. The quantitative estimate of drug-likeness (QED) is 0.648. The summed E-state index contributed by atoms with van der Waals surface area (Å²) in [5, 5.41) is 2.89. The maximum atomic E-state index is 11.6. The summed E-state index contributed by atoms with van der Waals surface area (Å²) in [6.45, 7) is 5.92. The van der Waals surface area contributed by atoms with Crippen molar-refractivity contribution in [2.45, 2.75) is 26.2 Å². The fourth-order valence-corrected chi connectivity index (χ4v) is 1.71. The van der Waals surface area contributed by atoms with Crippen LogP contribution in [0.5, 0.6) is 0 Å². The van der Waals surface area contributed by atoms with E-state index in [1.54, 1.807) is 0 Å². The Balaban J connectivity index is 0.000000980. The van der Waals surface area contributed by atoms with Gasteiger partial charge in [0.15, 0.2) is 0 Å². The summed E-state index contributed by atoms with van der Waals surface area (Å²) in [6.07, 6.45) is 0. The molecule has 2 nitrogen and oxygen atoms in total. The number of anilines is 1. The Morgan fingerprint density at radius 1 is 1.38 bits per heavy atom. The number of fused-ring (bicyclic) bond motifs is 1. The van der Waals surface area contributed by atoms with Crippen LogP contribution >= 0.6 is 0 Å². The second-order valence-corrected chi connectivity index (χ2v) is 4.13. The van der Waals surface area contributed by atoms with Crippen molar-refractivity contribution in [1.82, 2.24) is 0 Å². The molecule has 0 aliphatic carbocycles. The lowest BCUT2D eigenvalue weighted by Gasteiger charge is -2.14. The number of amides is 1. The first-order chi connectivity index (χ1) is 6.01. The summed E-state index contributed by atoms with van der Waals surface area (Å²) in [7, 11) is 0. The van der Waals surface area contributed by atoms with Gasteiger partial charge in [-0.2, -0.15) is 0 Å². The predicted octanol–water partition coefficient (Wildman–Crippen LogP) is 2.47. The maximum absolute atomic E-state index is 11.6. The predicted molar refractivity (Wildman–Crippen MR) is 54.9 cm³/mol. The number of nitrogens with one attached hydrogen (secondary N) is 1. The van der Waals surface area contributed by atoms with E-state index >= 15 is 0 Å². The average molecular weight is 177 g/mol. The minimum atomic E-state index is -0.372. The molecule has 1 aliphatic rings. The number of benzene rings is 1. The van der Waals surface area contributed by atoms with Gasteiger partial charge < -0.3 is 5.32 Å². The number of hydrogen-bond acceptors (Lipinski definition) is 1. The summed E-state index contributed by atoms with van der Waals surface area (Å²) < 4.78 is 0. The Morgan fingerprint density at radius 3 is 2.77 bits per heavy atom. The highest BCUT2D eigenvalue weighted by molar-refractivity contribution is 6.05. The monoisotopic (exact) mass is 177 g/mol. The normalized spacial score (nSPS) is 18.2. The van der Waals surface area contributed by atoms with Crippen LogP contribution in [0, 0.1) is 6.92 Å². The molecule has 0 radical (unpaired) electrons. The van der Waals surface area contributed by atoms with Crippen molar-refractivity contribution in [3.63, 3.8) is 0 Å². The van der Waals surface area contributed by atoms with Gasteiger partial charge in [-0.3, -0.25) is 4.79 Å². The van der Waals surface area contributed by atoms with Gasteiger partial charge >= 0.3 is 0 Å². The van der Waals surface area contributed by atoms with Crippen LogP contribution in [-0.2, 0) is 10.2 Å². The molecule has 2 rings (SSSR count). The third-order valence-electron chi connectivity index (χ3n) is 2.66. The highest BCUT2D eigenvalue weighted by atomic mass is 16.2. The summed E-state index contributed by atoms with van der Waals surface area (Å²) in [6, 6.07) is 6.09. The summed E-state index contributed by atoms with van der Waals surface area (Å²) in [5.74, 6) is 0.0908. The molecule has 0 saturated heterocycles. The number of rotatable bonds is 0. The van der Waals surface area contributed by atoms with Crippen LogP contribution < -0.4 is 5.32 Å². The van der Waals surface area contributed by atoms with E-state index in [1.807, 2.05) is 39.0 Å². The zero-order valence-electron chi connectivity index (χ0n) is 8.14. The van der Waals surface area contributed by atoms with Gasteiger partial charge in [0.05, 0.1) is 5.41 Å². The van der Waals surface area contributed by atoms with Crippen molar-refractivity contribution in [2.24, 2.45) is 0 Å². The molecule has 1 heterocycles. The molecule has 0 bridgehead atoms. The minimum Gasteiger partial charge on any atom is -0.325 e. The molecule has 0 atom stereocenters. The molecule has 0 fully saturated rings. The van der Waals surface area contributed by atoms with E-state index < -0.39 is 0 Å². The average Bonchev–Trinajstić information content (AvgIpc) is 2.23. The Labute approximate surface area is 79.4 Å². The van der Waals surface area contributed by atoms with Gasteiger partial charge in [0.25, 0.3) is 0 Å². The van der Waals surface area contributed by atoms with Crippen LogP contribution in [0.3, 0.4) is 0 Å². The Kier molecular flexibility index (Phi) is 1.50. The lowest BCUT2D eigenvalue weighted by atomic mass is 9.86. The molecule has 0 saturated carbocycles. The molecule has 1 N–H and O–H groups in total. The van der Waals surface area contributed by atoms with Gasteiger partial charge in [0.1, 0.15) is 0 Å². The standard InChI is InChI=1S/C11H13NO.H2/c1-7-4-5-8-9(6-7)12-10(13)11(8,2)3;/h4-6H,1-3H3,(H,12,13);1H. The topological polar surface area (TPSA) is 29.1 Å². The van der Waals surface area contributed by atoms with Crippen LogP contribution in [0.25, 0.3) is 0 Å². The molecule has 1 aliphatic heterocycles. The van der Waals surface area contributed by atoms with Crippen LogP contribution in [0.15, 0.2) is 18.2 Å². The third-order valence-corrected chi connectivity index (χ3v) is 2.66. The van der Waals surface area contributed by atoms with E-state index in [-0.39, 0.29) is 12.7 Å². The number of hydrogen-bond donors (Lipinski definition) is 1. The highest BCUT2D eigenvalue weighted by Gasteiger charge is 2.37. The van der Waals surface area contributed by atoms with E-state index in [1.165, 1.54) is 5.56 Å². The summed E-state index contributed by atoms with van der Waals surface area (Å²) >= 11 is 0. The van der Waals surface area contributed by atoms with Gasteiger partial charge in [-0.25, -0.2) is 0 Å². The van der Waals surface area contributed by atoms with Crippen molar-refractivity contribution >= 4 is 11.6 Å². The fraction of sp³-hybridized carbons (Fsp3) is 0.364. The number of carbonyl (C=O) groups excluding carboxylic acids is 1. The van der Waals surface area contributed by atoms with E-state index in [4.69, 9.17) is 0 Å². The molecular formula is C11H15NO. The van der Waals surface area contributed by atoms with Gasteiger partial charge in [-0.1, -0.05) is 12.1 Å². The van der Waals surface area contributed by atoms with Gasteiger partial charge in [-0.05, 0) is 38.0 Å². The molecule has 2 heteroatoms. The number of aryl methyl sites for hydroxylation is 1. The molecule has 0 aromatic heterocycles. The van der Waals surface area contributed by atoms with Gasteiger partial charge in [0.2, 0.25) is 5.91 Å². The lowest BCUT2D eigenvalue weighted by Crippen LogP contribution is -2.26. The van der Waals surface area contributed by atoms with Crippen LogP contribution in [0.4, 0.5) is 5.69 Å². The number of carbonyl (C=O) groups is 1. The molecular weight excluding hydrogens is 162 g/mol. The first-order valence-corrected chi connectivity index (χ1v) is 4.44. The maximum Gasteiger partial charge on any atom is 0.234 e. The first kappa shape index (κ1) is 8.30. The molecule has 13 heavy (non-hydrogen) atoms. The molecule has 1 aromatic rings. The molecule has 0 unspecified atom stereocenters. The van der Waals surface area contributed by atoms with Crippen molar-refractivity contribution in [3.05, 3.63) is 29.3 Å². The second kappa shape index (κ2) is 2.34. The van der Waals surface area contributed by atoms with Crippen molar-refractivity contribution in [3.8, 4) is 0 Å². The van der Waals surface area contributed by atoms with Gasteiger partial charge in [-0.15, -0.1) is 0 Å². The van der Waals surface area contributed by atoms with Crippen LogP contribution in [-0.4, -0.2) is 5.91 Å². The van der Waals surface area contributed by atoms with Crippen LogP contribution in [0.2, 0.25) is 0 Å². The summed E-state index contributed by atoms with van der Waals surface area (Å²) in [4.78, 5) is 11.6. The fourth-order valence-electron chi connectivity index (χ4n) is 1.71. The minimum absolute atomic E-state index is 0. The van der Waals surface area contributed by atoms with Crippen molar-refractivity contribution in [2.75, 3.05) is 5.32 Å². The Morgan fingerprint density at radius 2 is 2.08 bits per heavy atom. The van der Waals surface area contributed by atoms with E-state index in [9.17, 15) is 4.79 Å². The zero-order chi connectivity index (χ0) is 9.64. The Hall–Kier alpha value is -1.31. The SMILES string of the molecule is Cc1ccc2c(c1)NC(=O)C2(C)C.[HH]. The van der Waals surface area contributed by atoms with E-state index in [0.717, 1.165) is 11.3 Å². The zero-order valence-corrected chi connectivity index (χ0v) is 8.14. The lowest BCUT2D eigenvalue weighted by molar-refractivity contribution is -0.119. The Bertz CT molecular complexity index is 385. The largest absolute Gasteiger partial charge is 0.325 e. The van der Waals surface area contributed by atoms with Gasteiger partial charge in [0, 0.05) is 7.11 Å². The third kappa shape index (κ3) is 1.05. The molecule has 70 valence electrons. The van der Waals surface area contributed by atoms with Crippen molar-refractivity contribution < 1.29 is 6.22 Å². The van der Waals surface area contributed by atoms with Crippen molar-refractivity contribution in [1.29, 1.82) is 0 Å². The molecule has 1 amide bonds. The smallest absolute Gasteiger partial charge is 0.234 e. The molecule has 0 spiro atoms. The summed E-state index contributed by atoms with van der Waals surface area (Å²) in [5.41, 5.74) is 2.87. The highest BCUT2D eigenvalue weighted by Crippen LogP contribution is 2.37. The van der Waals surface area contributed by atoms with E-state index in [2.05, 4.69) is 5.32 Å².